The molecule has 0 aliphatic carbocycles. The third-order valence-electron chi connectivity index (χ3n) is 3.26. The van der Waals surface area contributed by atoms with Gasteiger partial charge in [0.25, 0.3) is 0 Å². The first kappa shape index (κ1) is 14.9. The molecule has 0 saturated heterocycles. The summed E-state index contributed by atoms with van der Waals surface area (Å²) in [5.41, 5.74) is 2.67. The second-order valence-corrected chi connectivity index (χ2v) is 5.43. The van der Waals surface area contributed by atoms with Gasteiger partial charge in [-0.25, -0.2) is 0 Å². The molecule has 0 radical (unpaired) electrons. The number of halogens is 1. The number of aliphatic hydroxyl groups is 1. The van der Waals surface area contributed by atoms with E-state index in [0.717, 1.165) is 21.2 Å². The highest BCUT2D eigenvalue weighted by Crippen LogP contribution is 2.33. The lowest BCUT2D eigenvalue weighted by atomic mass is 9.97. The van der Waals surface area contributed by atoms with Gasteiger partial charge in [-0.1, -0.05) is 28.1 Å². The van der Waals surface area contributed by atoms with E-state index in [2.05, 4.69) is 15.9 Å². The van der Waals surface area contributed by atoms with Gasteiger partial charge >= 0.3 is 0 Å². The minimum absolute atomic E-state index is 0.608. The Kier molecular flexibility index (Phi) is 4.68. The van der Waals surface area contributed by atoms with Gasteiger partial charge in [-0.2, -0.15) is 0 Å². The molecule has 20 heavy (non-hydrogen) atoms. The van der Waals surface area contributed by atoms with Crippen molar-refractivity contribution < 1.29 is 14.6 Å². The topological polar surface area (TPSA) is 38.7 Å². The maximum Gasteiger partial charge on any atom is 0.161 e. The number of methoxy groups -OCH3 is 2. The average Bonchev–Trinajstić information content (AvgIpc) is 2.48. The van der Waals surface area contributed by atoms with E-state index in [4.69, 9.17) is 9.47 Å². The molecule has 106 valence electrons. The van der Waals surface area contributed by atoms with Crippen LogP contribution >= 0.6 is 15.9 Å². The molecule has 0 saturated carbocycles. The van der Waals surface area contributed by atoms with Crippen LogP contribution < -0.4 is 9.47 Å². The number of hydrogen-bond acceptors (Lipinski definition) is 3. The fourth-order valence-corrected chi connectivity index (χ4v) is 2.49. The monoisotopic (exact) mass is 336 g/mol. The van der Waals surface area contributed by atoms with E-state index in [-0.39, 0.29) is 0 Å². The normalized spacial score (nSPS) is 12.1. The number of hydrogen-bond donors (Lipinski definition) is 1. The van der Waals surface area contributed by atoms with E-state index in [1.54, 1.807) is 26.4 Å². The lowest BCUT2D eigenvalue weighted by Crippen LogP contribution is -2.03. The van der Waals surface area contributed by atoms with E-state index < -0.39 is 6.10 Å². The minimum Gasteiger partial charge on any atom is -0.493 e. The Morgan fingerprint density at radius 1 is 1.00 bits per heavy atom. The Balaban J connectivity index is 2.42. The van der Waals surface area contributed by atoms with Crippen LogP contribution in [-0.2, 0) is 0 Å². The predicted octanol–water partition coefficient (Wildman–Crippen LogP) is 3.86. The van der Waals surface area contributed by atoms with Crippen LogP contribution in [0.15, 0.2) is 40.9 Å². The maximum atomic E-state index is 10.6. The molecule has 3 nitrogen and oxygen atoms in total. The Bertz CT molecular complexity index is 611. The molecule has 2 aromatic rings. The largest absolute Gasteiger partial charge is 0.493 e. The molecule has 1 N–H and O–H groups in total. The van der Waals surface area contributed by atoms with Crippen LogP contribution in [0, 0.1) is 6.92 Å². The van der Waals surface area contributed by atoms with Crippen molar-refractivity contribution in [2.45, 2.75) is 13.0 Å². The molecule has 1 atom stereocenters. The second-order valence-electron chi connectivity index (χ2n) is 4.52. The standard InChI is InChI=1S/C16H17BrO3/c1-10-4-6-12(17)9-13(10)16(18)11-5-7-14(19-2)15(8-11)20-3/h4-9,16,18H,1-3H3. The van der Waals surface area contributed by atoms with Gasteiger partial charge < -0.3 is 14.6 Å². The summed E-state index contributed by atoms with van der Waals surface area (Å²) in [7, 11) is 3.17. The number of aliphatic hydroxyl groups excluding tert-OH is 1. The summed E-state index contributed by atoms with van der Waals surface area (Å²) in [5.74, 6) is 1.26. The Morgan fingerprint density at radius 3 is 2.35 bits per heavy atom. The van der Waals surface area contributed by atoms with Crippen LogP contribution in [0.1, 0.15) is 22.8 Å². The van der Waals surface area contributed by atoms with Crippen LogP contribution in [0.2, 0.25) is 0 Å². The molecule has 0 bridgehead atoms. The third-order valence-corrected chi connectivity index (χ3v) is 3.75. The molecular weight excluding hydrogens is 320 g/mol. The van der Waals surface area contributed by atoms with Crippen LogP contribution in [0.4, 0.5) is 0 Å². The summed E-state index contributed by atoms with van der Waals surface area (Å²) in [6, 6.07) is 11.3. The van der Waals surface area contributed by atoms with Crippen LogP contribution in [-0.4, -0.2) is 19.3 Å². The van der Waals surface area contributed by atoms with E-state index in [1.165, 1.54) is 0 Å². The van der Waals surface area contributed by atoms with Gasteiger partial charge in [0.1, 0.15) is 6.10 Å². The molecule has 0 spiro atoms. The summed E-state index contributed by atoms with van der Waals surface area (Å²) in [4.78, 5) is 0. The van der Waals surface area contributed by atoms with Gasteiger partial charge in [-0.05, 0) is 47.9 Å². The maximum absolute atomic E-state index is 10.6. The first-order valence-corrected chi connectivity index (χ1v) is 7.02. The highest BCUT2D eigenvalue weighted by atomic mass is 79.9. The van der Waals surface area contributed by atoms with E-state index in [0.29, 0.717) is 11.5 Å². The molecule has 4 heteroatoms. The van der Waals surface area contributed by atoms with Gasteiger partial charge in [0.05, 0.1) is 14.2 Å². The molecule has 0 aromatic heterocycles. The summed E-state index contributed by atoms with van der Waals surface area (Å²) in [6.45, 7) is 1.98. The molecule has 0 aliphatic rings. The van der Waals surface area contributed by atoms with Crippen molar-refractivity contribution >= 4 is 15.9 Å². The highest BCUT2D eigenvalue weighted by molar-refractivity contribution is 9.10. The van der Waals surface area contributed by atoms with Crippen molar-refractivity contribution in [3.63, 3.8) is 0 Å². The number of aryl methyl sites for hydroxylation is 1. The van der Waals surface area contributed by atoms with Crippen molar-refractivity contribution in [2.24, 2.45) is 0 Å². The summed E-state index contributed by atoms with van der Waals surface area (Å²) < 4.78 is 11.4. The smallest absolute Gasteiger partial charge is 0.161 e. The summed E-state index contributed by atoms with van der Waals surface area (Å²) in [5, 5.41) is 10.6. The van der Waals surface area contributed by atoms with Gasteiger partial charge in [0.15, 0.2) is 11.5 Å². The number of ether oxygens (including phenoxy) is 2. The molecule has 1 unspecified atom stereocenters. The van der Waals surface area contributed by atoms with Gasteiger partial charge in [0, 0.05) is 4.47 Å². The zero-order chi connectivity index (χ0) is 14.7. The van der Waals surface area contributed by atoms with Crippen molar-refractivity contribution in [1.29, 1.82) is 0 Å². The zero-order valence-electron chi connectivity index (χ0n) is 11.7. The Morgan fingerprint density at radius 2 is 1.70 bits per heavy atom. The van der Waals surface area contributed by atoms with E-state index in [1.807, 2.05) is 31.2 Å². The first-order valence-electron chi connectivity index (χ1n) is 6.23. The van der Waals surface area contributed by atoms with Gasteiger partial charge in [-0.3, -0.25) is 0 Å². The quantitative estimate of drug-likeness (QED) is 0.921. The van der Waals surface area contributed by atoms with Gasteiger partial charge in [-0.15, -0.1) is 0 Å². The number of rotatable bonds is 4. The molecule has 2 rings (SSSR count). The number of benzene rings is 2. The Labute approximate surface area is 127 Å². The van der Waals surface area contributed by atoms with Crippen LogP contribution in [0.25, 0.3) is 0 Å². The molecular formula is C16H17BrO3. The van der Waals surface area contributed by atoms with E-state index >= 15 is 0 Å². The SMILES string of the molecule is COc1ccc(C(O)c2cc(Br)ccc2C)cc1OC. The lowest BCUT2D eigenvalue weighted by Gasteiger charge is -2.16. The first-order chi connectivity index (χ1) is 9.56. The molecule has 0 aliphatic heterocycles. The fourth-order valence-electron chi connectivity index (χ4n) is 2.11. The van der Waals surface area contributed by atoms with Crippen LogP contribution in [0.5, 0.6) is 11.5 Å². The summed E-state index contributed by atoms with van der Waals surface area (Å²) >= 11 is 3.43. The van der Waals surface area contributed by atoms with Crippen molar-refractivity contribution in [1.82, 2.24) is 0 Å². The second kappa shape index (κ2) is 6.29. The summed E-state index contributed by atoms with van der Waals surface area (Å²) in [6.07, 6.45) is -0.702. The molecule has 2 aromatic carbocycles. The molecule has 0 heterocycles. The third kappa shape index (κ3) is 2.97. The van der Waals surface area contributed by atoms with Crippen LogP contribution in [0.3, 0.4) is 0 Å². The van der Waals surface area contributed by atoms with E-state index in [9.17, 15) is 5.11 Å². The lowest BCUT2D eigenvalue weighted by molar-refractivity contribution is 0.218. The van der Waals surface area contributed by atoms with Gasteiger partial charge in [0.2, 0.25) is 0 Å². The van der Waals surface area contributed by atoms with Crippen molar-refractivity contribution in [3.8, 4) is 11.5 Å². The highest BCUT2D eigenvalue weighted by Gasteiger charge is 2.15. The molecule has 0 fully saturated rings. The zero-order valence-corrected chi connectivity index (χ0v) is 13.3. The Hall–Kier alpha value is -1.52. The fraction of sp³-hybridized carbons (Fsp3) is 0.250. The predicted molar refractivity (Wildman–Crippen MR) is 82.5 cm³/mol. The van der Waals surface area contributed by atoms with Crippen molar-refractivity contribution in [3.05, 3.63) is 57.6 Å². The molecule has 0 amide bonds. The minimum atomic E-state index is -0.702. The average molecular weight is 337 g/mol. The van der Waals surface area contributed by atoms with Crippen molar-refractivity contribution in [2.75, 3.05) is 14.2 Å².